The van der Waals surface area contributed by atoms with Gasteiger partial charge in [-0.1, -0.05) is 42.4 Å². The first-order valence-corrected chi connectivity index (χ1v) is 9.44. The monoisotopic (exact) mass is 372 g/mol. The highest BCUT2D eigenvalue weighted by Crippen LogP contribution is 2.31. The fourth-order valence-corrected chi connectivity index (χ4v) is 3.25. The number of amides is 1. The quantitative estimate of drug-likeness (QED) is 0.804. The number of carbonyl (C=O) groups is 1. The zero-order chi connectivity index (χ0) is 19.2. The Balaban J connectivity index is 1.90. The minimum Gasteiger partial charge on any atom is -0.378 e. The highest BCUT2D eigenvalue weighted by Gasteiger charge is 2.29. The third-order valence-corrected chi connectivity index (χ3v) is 4.95. The molecule has 146 valence electrons. The number of rotatable bonds is 7. The van der Waals surface area contributed by atoms with Gasteiger partial charge in [-0.15, -0.1) is 0 Å². The Kier molecular flexibility index (Phi) is 6.47. The Hall–Kier alpha value is -2.38. The van der Waals surface area contributed by atoms with Crippen molar-refractivity contribution in [2.24, 2.45) is 0 Å². The molecule has 0 saturated carbocycles. The Labute approximate surface area is 160 Å². The molecule has 0 aliphatic carbocycles. The van der Waals surface area contributed by atoms with Crippen molar-refractivity contribution in [2.75, 3.05) is 51.8 Å². The van der Waals surface area contributed by atoms with E-state index in [0.717, 1.165) is 12.0 Å². The highest BCUT2D eigenvalue weighted by atomic mass is 16.5. The predicted molar refractivity (Wildman–Crippen MR) is 105 cm³/mol. The Morgan fingerprint density at radius 3 is 2.59 bits per heavy atom. The molecule has 1 aromatic heterocycles. The first-order valence-electron chi connectivity index (χ1n) is 9.44. The molecule has 0 bridgehead atoms. The zero-order valence-corrected chi connectivity index (χ0v) is 16.3. The summed E-state index contributed by atoms with van der Waals surface area (Å²) < 4.78 is 11.1. The van der Waals surface area contributed by atoms with E-state index >= 15 is 0 Å². The topological polar surface area (TPSA) is 70.8 Å². The van der Waals surface area contributed by atoms with Crippen molar-refractivity contribution >= 4 is 11.7 Å². The van der Waals surface area contributed by atoms with Crippen molar-refractivity contribution < 1.29 is 14.1 Å². The summed E-state index contributed by atoms with van der Waals surface area (Å²) in [5.41, 5.74) is 1.34. The number of nitrogens with zero attached hydrogens (tertiary/aromatic N) is 3. The van der Waals surface area contributed by atoms with Gasteiger partial charge in [0, 0.05) is 31.2 Å². The van der Waals surface area contributed by atoms with Crippen LogP contribution in [0.15, 0.2) is 34.9 Å². The first-order chi connectivity index (χ1) is 13.1. The zero-order valence-electron chi connectivity index (χ0n) is 16.3. The predicted octanol–water partition coefficient (Wildman–Crippen LogP) is 2.25. The fourth-order valence-electron chi connectivity index (χ4n) is 3.25. The third kappa shape index (κ3) is 4.48. The molecule has 2 heterocycles. The second kappa shape index (κ2) is 9.01. The summed E-state index contributed by atoms with van der Waals surface area (Å²) in [4.78, 5) is 17.3. The van der Waals surface area contributed by atoms with Gasteiger partial charge >= 0.3 is 0 Å². The average molecular weight is 372 g/mol. The summed E-state index contributed by atoms with van der Waals surface area (Å²) in [7, 11) is 4.04. The lowest BCUT2D eigenvalue weighted by atomic mass is 10.1. The van der Waals surface area contributed by atoms with Gasteiger partial charge in [0.15, 0.2) is 11.6 Å². The van der Waals surface area contributed by atoms with Crippen molar-refractivity contribution in [1.82, 2.24) is 15.4 Å². The molecule has 1 amide bonds. The molecule has 3 rings (SSSR count). The number of carbonyl (C=O) groups excluding carboxylic acids is 1. The lowest BCUT2D eigenvalue weighted by Crippen LogP contribution is -2.41. The van der Waals surface area contributed by atoms with Gasteiger partial charge in [0.1, 0.15) is 5.56 Å². The maximum Gasteiger partial charge on any atom is 0.259 e. The summed E-state index contributed by atoms with van der Waals surface area (Å²) >= 11 is 0. The summed E-state index contributed by atoms with van der Waals surface area (Å²) in [6, 6.07) is 9.91. The number of hydrogen-bond acceptors (Lipinski definition) is 6. The van der Waals surface area contributed by atoms with Crippen LogP contribution in [-0.4, -0.2) is 68.9 Å². The van der Waals surface area contributed by atoms with Crippen LogP contribution in [0.5, 0.6) is 0 Å². The molecule has 7 nitrogen and oxygen atoms in total. The van der Waals surface area contributed by atoms with Crippen molar-refractivity contribution in [3.63, 3.8) is 0 Å². The van der Waals surface area contributed by atoms with Crippen LogP contribution >= 0.6 is 0 Å². The normalized spacial score (nSPS) is 15.8. The lowest BCUT2D eigenvalue weighted by Gasteiger charge is -2.27. The van der Waals surface area contributed by atoms with Crippen LogP contribution in [0, 0.1) is 0 Å². The second-order valence-corrected chi connectivity index (χ2v) is 6.91. The Morgan fingerprint density at radius 2 is 1.96 bits per heavy atom. The number of aromatic nitrogens is 1. The summed E-state index contributed by atoms with van der Waals surface area (Å²) in [6.45, 7) is 5.31. The van der Waals surface area contributed by atoms with E-state index in [1.54, 1.807) is 0 Å². The first kappa shape index (κ1) is 19.4. The standard InChI is InChI=1S/C20H28N4O3/c1-4-16(23(2)3)14-21-20(25)17-18(15-8-6-5-7-9-15)27-22-19(17)24-10-12-26-13-11-24/h5-9,16H,4,10-14H2,1-3H3,(H,21,25). The number of morpholine rings is 1. The van der Waals surface area contributed by atoms with Gasteiger partial charge < -0.3 is 24.4 Å². The molecule has 1 atom stereocenters. The van der Waals surface area contributed by atoms with Crippen molar-refractivity contribution in [3.05, 3.63) is 35.9 Å². The van der Waals surface area contributed by atoms with Crippen LogP contribution in [0.25, 0.3) is 11.3 Å². The van der Waals surface area contributed by atoms with Gasteiger partial charge in [0.25, 0.3) is 5.91 Å². The molecule has 0 radical (unpaired) electrons. The van der Waals surface area contributed by atoms with Crippen molar-refractivity contribution in [2.45, 2.75) is 19.4 Å². The van der Waals surface area contributed by atoms with Crippen LogP contribution in [0.1, 0.15) is 23.7 Å². The summed E-state index contributed by atoms with van der Waals surface area (Å²) in [5, 5.41) is 7.31. The highest BCUT2D eigenvalue weighted by molar-refractivity contribution is 6.04. The number of ether oxygens (including phenoxy) is 1. The number of nitrogens with one attached hydrogen (secondary N) is 1. The van der Waals surface area contributed by atoms with Crippen LogP contribution in [0.3, 0.4) is 0 Å². The van der Waals surface area contributed by atoms with Crippen LogP contribution in [0.2, 0.25) is 0 Å². The van der Waals surface area contributed by atoms with Gasteiger partial charge in [-0.3, -0.25) is 4.79 Å². The largest absolute Gasteiger partial charge is 0.378 e. The number of anilines is 1. The van der Waals surface area contributed by atoms with E-state index < -0.39 is 0 Å². The number of benzene rings is 1. The van der Waals surface area contributed by atoms with Crippen LogP contribution < -0.4 is 10.2 Å². The summed E-state index contributed by atoms with van der Waals surface area (Å²) in [5.74, 6) is 0.942. The third-order valence-electron chi connectivity index (χ3n) is 4.95. The van der Waals surface area contributed by atoms with Crippen LogP contribution in [-0.2, 0) is 4.74 Å². The molecule has 1 unspecified atom stereocenters. The number of hydrogen-bond donors (Lipinski definition) is 1. The van der Waals surface area contributed by atoms with E-state index in [0.29, 0.717) is 50.0 Å². The summed E-state index contributed by atoms with van der Waals surface area (Å²) in [6.07, 6.45) is 0.957. The molecule has 1 saturated heterocycles. The van der Waals surface area contributed by atoms with E-state index in [1.165, 1.54) is 0 Å². The molecule has 1 fully saturated rings. The van der Waals surface area contributed by atoms with E-state index in [9.17, 15) is 4.79 Å². The van der Waals surface area contributed by atoms with Gasteiger partial charge in [0.05, 0.1) is 13.2 Å². The molecular formula is C20H28N4O3. The van der Waals surface area contributed by atoms with Gasteiger partial charge in [-0.25, -0.2) is 0 Å². The van der Waals surface area contributed by atoms with Crippen molar-refractivity contribution in [1.29, 1.82) is 0 Å². The molecule has 1 aliphatic rings. The van der Waals surface area contributed by atoms with E-state index in [1.807, 2.05) is 44.4 Å². The number of likely N-dealkylation sites (N-methyl/N-ethyl adjacent to an activating group) is 1. The molecule has 7 heteroatoms. The molecule has 0 spiro atoms. The van der Waals surface area contributed by atoms with Gasteiger partial charge in [0.2, 0.25) is 0 Å². The Bertz CT molecular complexity index is 739. The van der Waals surface area contributed by atoms with Gasteiger partial charge in [-0.05, 0) is 20.5 Å². The van der Waals surface area contributed by atoms with Crippen molar-refractivity contribution in [3.8, 4) is 11.3 Å². The Morgan fingerprint density at radius 1 is 1.26 bits per heavy atom. The maximum absolute atomic E-state index is 13.1. The smallest absolute Gasteiger partial charge is 0.259 e. The second-order valence-electron chi connectivity index (χ2n) is 6.91. The minimum absolute atomic E-state index is 0.156. The van der Waals surface area contributed by atoms with E-state index in [2.05, 4.69) is 27.2 Å². The minimum atomic E-state index is -0.156. The maximum atomic E-state index is 13.1. The SMILES string of the molecule is CCC(CNC(=O)c1c(N2CCOCC2)noc1-c1ccccc1)N(C)C. The van der Waals surface area contributed by atoms with Crippen LogP contribution in [0.4, 0.5) is 5.82 Å². The molecule has 2 aromatic rings. The molecular weight excluding hydrogens is 344 g/mol. The van der Waals surface area contributed by atoms with Gasteiger partial charge in [-0.2, -0.15) is 0 Å². The van der Waals surface area contributed by atoms with E-state index in [-0.39, 0.29) is 11.9 Å². The molecule has 1 N–H and O–H groups in total. The molecule has 27 heavy (non-hydrogen) atoms. The fraction of sp³-hybridized carbons (Fsp3) is 0.500. The lowest BCUT2D eigenvalue weighted by molar-refractivity contribution is 0.0940. The average Bonchev–Trinajstić information content (AvgIpc) is 3.14. The van der Waals surface area contributed by atoms with E-state index in [4.69, 9.17) is 9.26 Å². The molecule has 1 aliphatic heterocycles. The molecule has 1 aromatic carbocycles.